The van der Waals surface area contributed by atoms with Gasteiger partial charge in [-0.2, -0.15) is 0 Å². The van der Waals surface area contributed by atoms with Crippen LogP contribution in [-0.2, 0) is 0 Å². The number of alkyl halides is 2. The molecule has 0 radical (unpaired) electrons. The van der Waals surface area contributed by atoms with E-state index in [9.17, 15) is 17.6 Å². The zero-order valence-electron chi connectivity index (χ0n) is 19.7. The number of piperazine rings is 1. The molecule has 0 saturated carbocycles. The number of hydrogen-bond acceptors (Lipinski definition) is 6. The zero-order valence-corrected chi connectivity index (χ0v) is 19.7. The van der Waals surface area contributed by atoms with Crippen LogP contribution < -0.4 is 15.0 Å². The third kappa shape index (κ3) is 4.66. The number of nitrogens with zero attached hydrogens (tertiary/aromatic N) is 4. The second-order valence-electron chi connectivity index (χ2n) is 8.72. The first-order valence-electron chi connectivity index (χ1n) is 11.4. The molecule has 0 spiro atoms. The van der Waals surface area contributed by atoms with E-state index >= 15 is 0 Å². The van der Waals surface area contributed by atoms with E-state index in [0.29, 0.717) is 11.4 Å². The highest BCUT2D eigenvalue weighted by molar-refractivity contribution is 5.83. The van der Waals surface area contributed by atoms with Gasteiger partial charge in [-0.1, -0.05) is 0 Å². The van der Waals surface area contributed by atoms with Gasteiger partial charge in [-0.25, -0.2) is 27.5 Å². The second kappa shape index (κ2) is 9.65. The molecule has 2 aromatic heterocycles. The van der Waals surface area contributed by atoms with Crippen molar-refractivity contribution in [2.24, 2.45) is 0 Å². The molecular weight excluding hydrogens is 476 g/mol. The van der Waals surface area contributed by atoms with E-state index in [1.165, 1.54) is 6.07 Å². The highest BCUT2D eigenvalue weighted by atomic mass is 19.3. The fourth-order valence-electron chi connectivity index (χ4n) is 4.23. The van der Waals surface area contributed by atoms with E-state index in [2.05, 4.69) is 37.1 Å². The summed E-state index contributed by atoms with van der Waals surface area (Å²) in [5.41, 5.74) is 1.41. The molecule has 5 rings (SSSR count). The van der Waals surface area contributed by atoms with Crippen LogP contribution in [0.15, 0.2) is 42.7 Å². The molecule has 0 bridgehead atoms. The van der Waals surface area contributed by atoms with Gasteiger partial charge < -0.3 is 24.8 Å². The van der Waals surface area contributed by atoms with Crippen molar-refractivity contribution >= 4 is 28.1 Å². The molecule has 2 N–H and O–H groups in total. The summed E-state index contributed by atoms with van der Waals surface area (Å²) in [5, 5.41) is 2.82. The van der Waals surface area contributed by atoms with E-state index in [-0.39, 0.29) is 16.7 Å². The van der Waals surface area contributed by atoms with Crippen molar-refractivity contribution < 1.29 is 22.3 Å². The lowest BCUT2D eigenvalue weighted by Gasteiger charge is -2.34. The van der Waals surface area contributed by atoms with Gasteiger partial charge in [-0.05, 0) is 44.3 Å². The van der Waals surface area contributed by atoms with Crippen molar-refractivity contribution in [3.63, 3.8) is 0 Å². The Morgan fingerprint density at radius 2 is 1.75 bits per heavy atom. The van der Waals surface area contributed by atoms with Gasteiger partial charge >= 0.3 is 0 Å². The summed E-state index contributed by atoms with van der Waals surface area (Å²) in [4.78, 5) is 14.9. The molecule has 2 aromatic carbocycles. The number of fused-ring (bicyclic) bond motifs is 1. The van der Waals surface area contributed by atoms with Crippen LogP contribution in [0.2, 0.25) is 0 Å². The average Bonchev–Trinajstić information content (AvgIpc) is 3.26. The van der Waals surface area contributed by atoms with Crippen LogP contribution in [0.25, 0.3) is 10.9 Å². The first-order valence-corrected chi connectivity index (χ1v) is 11.4. The van der Waals surface area contributed by atoms with Gasteiger partial charge in [0.15, 0.2) is 17.4 Å². The Labute approximate surface area is 204 Å². The molecule has 3 heterocycles. The van der Waals surface area contributed by atoms with Gasteiger partial charge in [-0.3, -0.25) is 0 Å². The summed E-state index contributed by atoms with van der Waals surface area (Å²) in [5.74, 6) is -2.98. The number of ether oxygens (including phenoxy) is 1. The normalized spacial score (nSPS) is 14.6. The summed E-state index contributed by atoms with van der Waals surface area (Å²) in [6.45, 7) is 5.37. The van der Waals surface area contributed by atoms with Crippen LogP contribution in [0.3, 0.4) is 0 Å². The average molecular weight is 501 g/mol. The molecule has 0 unspecified atom stereocenters. The quantitative estimate of drug-likeness (QED) is 0.328. The highest BCUT2D eigenvalue weighted by Gasteiger charge is 2.25. The Morgan fingerprint density at radius 3 is 2.44 bits per heavy atom. The Balaban J connectivity index is 1.41. The molecule has 0 aliphatic carbocycles. The van der Waals surface area contributed by atoms with E-state index in [0.717, 1.165) is 44.3 Å². The minimum Gasteiger partial charge on any atom is -0.435 e. The first kappa shape index (κ1) is 23.9. The fraction of sp³-hybridized carbons (Fsp3) is 0.280. The van der Waals surface area contributed by atoms with E-state index in [1.807, 2.05) is 12.1 Å². The van der Waals surface area contributed by atoms with Crippen LogP contribution in [0.4, 0.5) is 34.8 Å². The number of halogens is 4. The van der Waals surface area contributed by atoms with Crippen molar-refractivity contribution in [3.05, 3.63) is 65.6 Å². The molecule has 1 fully saturated rings. The maximum absolute atomic E-state index is 15.0. The fourth-order valence-corrected chi connectivity index (χ4v) is 4.23. The molecule has 0 amide bonds. The smallest absolute Gasteiger partial charge is 0.272 e. The zero-order chi connectivity index (χ0) is 25.4. The highest BCUT2D eigenvalue weighted by Crippen LogP contribution is 2.38. The number of rotatable bonds is 6. The Kier molecular flexibility index (Phi) is 6.40. The SMILES string of the molecule is Cc1cc2c(F)c(Oc3ncnc(Nc4ccc(N5CCN(C)CC5)cc4)c3C(F)F)cc(F)c2[nH]1. The molecular formula is C25H24F4N6O. The van der Waals surface area contributed by atoms with Crippen molar-refractivity contribution in [3.8, 4) is 11.6 Å². The number of likely N-dealkylation sites (N-methyl/N-ethyl adjacent to an activating group) is 1. The molecule has 7 nitrogen and oxygen atoms in total. The predicted molar refractivity (Wildman–Crippen MR) is 129 cm³/mol. The number of anilines is 3. The van der Waals surface area contributed by atoms with Gasteiger partial charge in [0.05, 0.1) is 5.52 Å². The molecule has 1 saturated heterocycles. The van der Waals surface area contributed by atoms with Crippen LogP contribution >= 0.6 is 0 Å². The van der Waals surface area contributed by atoms with Crippen LogP contribution in [0.1, 0.15) is 17.7 Å². The third-order valence-electron chi connectivity index (χ3n) is 6.17. The summed E-state index contributed by atoms with van der Waals surface area (Å²) in [7, 11) is 2.08. The van der Waals surface area contributed by atoms with Gasteiger partial charge in [0.2, 0.25) is 5.88 Å². The minimum atomic E-state index is -3.04. The monoisotopic (exact) mass is 500 g/mol. The second-order valence-corrected chi connectivity index (χ2v) is 8.72. The number of H-pyrrole nitrogens is 1. The van der Waals surface area contributed by atoms with Crippen molar-refractivity contribution in [1.29, 1.82) is 0 Å². The summed E-state index contributed by atoms with van der Waals surface area (Å²) < 4.78 is 63.0. The van der Waals surface area contributed by atoms with E-state index < -0.39 is 35.3 Å². The predicted octanol–water partition coefficient (Wildman–Crippen LogP) is 5.77. The largest absolute Gasteiger partial charge is 0.435 e. The maximum Gasteiger partial charge on any atom is 0.272 e. The van der Waals surface area contributed by atoms with Gasteiger partial charge in [0, 0.05) is 54.7 Å². The molecule has 0 atom stereocenters. The number of aromatic nitrogens is 3. The van der Waals surface area contributed by atoms with Crippen LogP contribution in [-0.4, -0.2) is 53.1 Å². The minimum absolute atomic E-state index is 0.0310. The lowest BCUT2D eigenvalue weighted by atomic mass is 10.2. The summed E-state index contributed by atoms with van der Waals surface area (Å²) in [6.07, 6.45) is -2.02. The Hall–Kier alpha value is -3.86. The van der Waals surface area contributed by atoms with Gasteiger partial charge in [0.1, 0.15) is 17.7 Å². The van der Waals surface area contributed by atoms with Gasteiger partial charge in [-0.15, -0.1) is 0 Å². The Morgan fingerprint density at radius 1 is 1.03 bits per heavy atom. The van der Waals surface area contributed by atoms with Crippen molar-refractivity contribution in [2.75, 3.05) is 43.4 Å². The first-order chi connectivity index (χ1) is 17.3. The topological polar surface area (TPSA) is 69.3 Å². The molecule has 1 aliphatic rings. The number of hydrogen-bond donors (Lipinski definition) is 2. The van der Waals surface area contributed by atoms with Crippen molar-refractivity contribution in [1.82, 2.24) is 19.9 Å². The summed E-state index contributed by atoms with van der Waals surface area (Å²) >= 11 is 0. The van der Waals surface area contributed by atoms with Crippen molar-refractivity contribution in [2.45, 2.75) is 13.3 Å². The molecule has 4 aromatic rings. The molecule has 188 valence electrons. The number of aromatic amines is 1. The van der Waals surface area contributed by atoms with E-state index in [4.69, 9.17) is 4.74 Å². The number of aryl methyl sites for hydroxylation is 1. The van der Waals surface area contributed by atoms with E-state index in [1.54, 1.807) is 19.1 Å². The van der Waals surface area contributed by atoms with Crippen LogP contribution in [0, 0.1) is 18.6 Å². The van der Waals surface area contributed by atoms with Gasteiger partial charge in [0.25, 0.3) is 6.43 Å². The number of nitrogens with one attached hydrogen (secondary N) is 2. The molecule has 11 heteroatoms. The lowest BCUT2D eigenvalue weighted by molar-refractivity contribution is 0.147. The number of benzene rings is 2. The van der Waals surface area contributed by atoms with Crippen LogP contribution in [0.5, 0.6) is 11.6 Å². The lowest BCUT2D eigenvalue weighted by Crippen LogP contribution is -2.44. The third-order valence-corrected chi connectivity index (χ3v) is 6.17. The Bertz CT molecular complexity index is 1380. The summed E-state index contributed by atoms with van der Waals surface area (Å²) in [6, 6.07) is 9.55. The standard InChI is InChI=1S/C25H24F4N6O/c1-14-11-17-21(27)19(12-18(26)22(17)32-14)36-25-20(23(28)29)24(30-13-31-25)33-15-3-5-16(6-4-15)35-9-7-34(2)8-10-35/h3-6,11-13,23,32H,7-10H2,1-2H3,(H,30,31,33). The molecule has 36 heavy (non-hydrogen) atoms. The molecule has 1 aliphatic heterocycles. The maximum atomic E-state index is 15.0.